The minimum Gasteiger partial charge on any atom is -0.507 e. The van der Waals surface area contributed by atoms with E-state index in [0.29, 0.717) is 28.5 Å². The van der Waals surface area contributed by atoms with E-state index in [1.165, 1.54) is 0 Å². The minimum absolute atomic E-state index is 0.0552. The van der Waals surface area contributed by atoms with Crippen molar-refractivity contribution in [2.75, 3.05) is 7.11 Å². The van der Waals surface area contributed by atoms with E-state index in [1.54, 1.807) is 37.7 Å². The molecule has 2 aliphatic rings. The number of hydrogen-bond donors (Lipinski definition) is 1. The average Bonchev–Trinajstić information content (AvgIpc) is 3.20. The number of hydrogen-bond acceptors (Lipinski definition) is 6. The van der Waals surface area contributed by atoms with Gasteiger partial charge in [-0.25, -0.2) is 5.01 Å². The van der Waals surface area contributed by atoms with Crippen molar-refractivity contribution in [2.45, 2.75) is 18.7 Å². The van der Waals surface area contributed by atoms with Crippen molar-refractivity contribution in [2.24, 2.45) is 5.10 Å². The number of methoxy groups -OCH3 is 1. The summed E-state index contributed by atoms with van der Waals surface area (Å²) in [7, 11) is 1.63. The number of aromatic nitrogens is 1. The number of phenols is 1. The first-order chi connectivity index (χ1) is 14.2. The molecular weight excluding hydrogens is 390 g/mol. The lowest BCUT2D eigenvalue weighted by Gasteiger charge is -2.38. The Morgan fingerprint density at radius 2 is 2.00 bits per heavy atom. The van der Waals surface area contributed by atoms with E-state index in [-0.39, 0.29) is 11.8 Å². The van der Waals surface area contributed by atoms with Gasteiger partial charge in [0, 0.05) is 40.5 Å². The van der Waals surface area contributed by atoms with Crippen molar-refractivity contribution < 1.29 is 14.6 Å². The van der Waals surface area contributed by atoms with Crippen molar-refractivity contribution in [1.29, 1.82) is 0 Å². The Labute approximate surface area is 173 Å². The molecule has 7 heteroatoms. The standard InChI is InChI=1S/C22H18ClN3O3/c1-28-20-4-2-3-15-18-12-17(16-11-14(23)5-6-19(16)27)25-26(18)22(29-21(15)20)13-7-9-24-10-8-13/h2-11,18,22,27H,12H2,1H3/t18-,22-/m0/s1. The zero-order valence-electron chi connectivity index (χ0n) is 15.6. The molecule has 2 atom stereocenters. The van der Waals surface area contributed by atoms with Gasteiger partial charge in [-0.2, -0.15) is 5.10 Å². The van der Waals surface area contributed by atoms with Crippen LogP contribution in [0.1, 0.15) is 35.4 Å². The van der Waals surface area contributed by atoms with Crippen LogP contribution in [0, 0.1) is 0 Å². The maximum Gasteiger partial charge on any atom is 0.214 e. The molecule has 1 aromatic heterocycles. The van der Waals surface area contributed by atoms with Gasteiger partial charge in [0.25, 0.3) is 0 Å². The number of rotatable bonds is 3. The zero-order valence-corrected chi connectivity index (χ0v) is 16.4. The van der Waals surface area contributed by atoms with Gasteiger partial charge in [-0.3, -0.25) is 4.98 Å². The molecular formula is C22H18ClN3O3. The summed E-state index contributed by atoms with van der Waals surface area (Å²) in [6, 6.07) is 14.6. The molecule has 146 valence electrons. The number of ether oxygens (including phenoxy) is 2. The normalized spacial score (nSPS) is 19.8. The fourth-order valence-electron chi connectivity index (χ4n) is 3.89. The number of halogens is 1. The van der Waals surface area contributed by atoms with E-state index >= 15 is 0 Å². The van der Waals surface area contributed by atoms with E-state index in [9.17, 15) is 5.11 Å². The van der Waals surface area contributed by atoms with E-state index < -0.39 is 6.23 Å². The van der Waals surface area contributed by atoms with Crippen LogP contribution in [0.4, 0.5) is 0 Å². The number of phenolic OH excluding ortho intramolecular Hbond substituents is 1. The lowest BCUT2D eigenvalue weighted by molar-refractivity contribution is -0.0209. The number of aromatic hydroxyl groups is 1. The number of fused-ring (bicyclic) bond motifs is 3. The second kappa shape index (κ2) is 6.97. The molecule has 6 nitrogen and oxygen atoms in total. The van der Waals surface area contributed by atoms with Gasteiger partial charge in [-0.1, -0.05) is 23.7 Å². The van der Waals surface area contributed by atoms with Crippen LogP contribution in [-0.2, 0) is 0 Å². The zero-order chi connectivity index (χ0) is 20.0. The monoisotopic (exact) mass is 407 g/mol. The number of pyridine rings is 1. The molecule has 29 heavy (non-hydrogen) atoms. The van der Waals surface area contributed by atoms with Crippen molar-refractivity contribution in [3.63, 3.8) is 0 Å². The molecule has 0 aliphatic carbocycles. The lowest BCUT2D eigenvalue weighted by Crippen LogP contribution is -2.33. The molecule has 5 rings (SSSR count). The number of benzene rings is 2. The van der Waals surface area contributed by atoms with Crippen LogP contribution in [0.15, 0.2) is 66.0 Å². The second-order valence-corrected chi connectivity index (χ2v) is 7.37. The summed E-state index contributed by atoms with van der Waals surface area (Å²) >= 11 is 6.17. The van der Waals surface area contributed by atoms with Crippen LogP contribution in [0.2, 0.25) is 5.02 Å². The van der Waals surface area contributed by atoms with Gasteiger partial charge in [-0.15, -0.1) is 0 Å². The van der Waals surface area contributed by atoms with Crippen LogP contribution in [0.5, 0.6) is 17.2 Å². The molecule has 0 amide bonds. The number of nitrogens with zero attached hydrogens (tertiary/aromatic N) is 3. The highest BCUT2D eigenvalue weighted by Gasteiger charge is 2.42. The highest BCUT2D eigenvalue weighted by Crippen LogP contribution is 2.51. The summed E-state index contributed by atoms with van der Waals surface area (Å²) in [5, 5.41) is 17.7. The summed E-state index contributed by atoms with van der Waals surface area (Å²) in [5.41, 5.74) is 3.31. The van der Waals surface area contributed by atoms with Crippen LogP contribution in [0.3, 0.4) is 0 Å². The smallest absolute Gasteiger partial charge is 0.214 e. The third kappa shape index (κ3) is 2.96. The molecule has 0 spiro atoms. The van der Waals surface area contributed by atoms with Crippen molar-refractivity contribution >= 4 is 17.3 Å². The molecule has 3 heterocycles. The topological polar surface area (TPSA) is 67.2 Å². The molecule has 2 aliphatic heterocycles. The molecule has 0 radical (unpaired) electrons. The van der Waals surface area contributed by atoms with Crippen LogP contribution in [-0.4, -0.2) is 27.9 Å². The Kier molecular flexibility index (Phi) is 4.28. The highest BCUT2D eigenvalue weighted by atomic mass is 35.5. The summed E-state index contributed by atoms with van der Waals surface area (Å²) in [5.74, 6) is 1.55. The lowest BCUT2D eigenvalue weighted by atomic mass is 9.95. The van der Waals surface area contributed by atoms with Gasteiger partial charge in [-0.05, 0) is 36.4 Å². The molecule has 2 aromatic carbocycles. The predicted octanol–water partition coefficient (Wildman–Crippen LogP) is 4.69. The molecule has 1 N–H and O–H groups in total. The van der Waals surface area contributed by atoms with Crippen molar-refractivity contribution in [3.8, 4) is 17.2 Å². The maximum atomic E-state index is 10.4. The Bertz CT molecular complexity index is 1100. The van der Waals surface area contributed by atoms with Crippen molar-refractivity contribution in [3.05, 3.63) is 82.6 Å². The van der Waals surface area contributed by atoms with Crippen LogP contribution < -0.4 is 9.47 Å². The molecule has 0 saturated carbocycles. The van der Waals surface area contributed by atoms with Gasteiger partial charge >= 0.3 is 0 Å². The van der Waals surface area contributed by atoms with Gasteiger partial charge < -0.3 is 14.6 Å². The Morgan fingerprint density at radius 1 is 1.17 bits per heavy atom. The molecule has 0 saturated heterocycles. The Balaban J connectivity index is 1.64. The first kappa shape index (κ1) is 17.8. The van der Waals surface area contributed by atoms with E-state index in [0.717, 1.165) is 16.8 Å². The van der Waals surface area contributed by atoms with Crippen LogP contribution in [0.25, 0.3) is 0 Å². The summed E-state index contributed by atoms with van der Waals surface area (Å²) in [6.45, 7) is 0. The average molecular weight is 408 g/mol. The Morgan fingerprint density at radius 3 is 2.79 bits per heavy atom. The fourth-order valence-corrected chi connectivity index (χ4v) is 4.07. The van der Waals surface area contributed by atoms with E-state index in [1.807, 2.05) is 35.3 Å². The highest BCUT2D eigenvalue weighted by molar-refractivity contribution is 6.31. The van der Waals surface area contributed by atoms with E-state index in [2.05, 4.69) is 4.98 Å². The summed E-state index contributed by atoms with van der Waals surface area (Å²) in [4.78, 5) is 4.11. The maximum absolute atomic E-state index is 10.4. The summed E-state index contributed by atoms with van der Waals surface area (Å²) < 4.78 is 11.9. The van der Waals surface area contributed by atoms with E-state index in [4.69, 9.17) is 26.2 Å². The first-order valence-electron chi connectivity index (χ1n) is 9.24. The molecule has 3 aromatic rings. The fraction of sp³-hybridized carbons (Fsp3) is 0.182. The Hall–Kier alpha value is -3.25. The molecule has 0 unspecified atom stereocenters. The van der Waals surface area contributed by atoms with Gasteiger partial charge in [0.2, 0.25) is 6.23 Å². The van der Waals surface area contributed by atoms with Gasteiger partial charge in [0.1, 0.15) is 5.75 Å². The third-order valence-electron chi connectivity index (χ3n) is 5.26. The van der Waals surface area contributed by atoms with Crippen LogP contribution >= 0.6 is 11.6 Å². The first-order valence-corrected chi connectivity index (χ1v) is 9.61. The van der Waals surface area contributed by atoms with Gasteiger partial charge in [0.15, 0.2) is 11.5 Å². The third-order valence-corrected chi connectivity index (χ3v) is 5.50. The number of para-hydroxylation sites is 1. The number of hydrazone groups is 1. The van der Waals surface area contributed by atoms with Crippen molar-refractivity contribution in [1.82, 2.24) is 9.99 Å². The van der Waals surface area contributed by atoms with Gasteiger partial charge in [0.05, 0.1) is 18.9 Å². The second-order valence-electron chi connectivity index (χ2n) is 6.94. The minimum atomic E-state index is -0.439. The SMILES string of the molecule is COc1cccc2c1O[C@@H](c1ccncc1)N1N=C(c3cc(Cl)ccc3O)C[C@@H]21. The molecule has 0 bridgehead atoms. The molecule has 0 fully saturated rings. The summed E-state index contributed by atoms with van der Waals surface area (Å²) in [6.07, 6.45) is 3.63. The predicted molar refractivity (Wildman–Crippen MR) is 109 cm³/mol. The quantitative estimate of drug-likeness (QED) is 0.682. The largest absolute Gasteiger partial charge is 0.507 e.